The average molecular weight is 422 g/mol. The molecule has 0 N–H and O–H groups in total. The van der Waals surface area contributed by atoms with Crippen molar-refractivity contribution in [2.75, 3.05) is 0 Å². The molecule has 2 aliphatic rings. The summed E-state index contributed by atoms with van der Waals surface area (Å²) in [5.74, 6) is 1.47. The fourth-order valence-electron chi connectivity index (χ4n) is 5.13. The van der Waals surface area contributed by atoms with Crippen LogP contribution in [0, 0.1) is 29.1 Å². The molecule has 4 rings (SSSR count). The highest BCUT2D eigenvalue weighted by molar-refractivity contribution is 5.55. The van der Waals surface area contributed by atoms with Gasteiger partial charge in [-0.25, -0.2) is 0 Å². The number of rotatable bonds is 2. The molecule has 158 valence electrons. The highest BCUT2D eigenvalue weighted by Crippen LogP contribution is 2.64. The minimum atomic E-state index is -4.46. The van der Waals surface area contributed by atoms with Gasteiger partial charge in [0.15, 0.2) is 0 Å². The molecule has 2 aromatic rings. The van der Waals surface area contributed by atoms with Gasteiger partial charge in [0, 0.05) is 11.8 Å². The second kappa shape index (κ2) is 6.89. The Bertz CT molecular complexity index is 966. The molecule has 0 aromatic heterocycles. The van der Waals surface area contributed by atoms with Gasteiger partial charge in [-0.1, -0.05) is 62.4 Å². The second-order valence-electron chi connectivity index (χ2n) is 8.41. The summed E-state index contributed by atoms with van der Waals surface area (Å²) < 4.78 is 79.7. The Kier molecular flexibility index (Phi) is 4.83. The minimum absolute atomic E-state index is 0.0620. The van der Waals surface area contributed by atoms with Crippen molar-refractivity contribution in [1.29, 1.82) is 0 Å². The smallest absolute Gasteiger partial charge is 0.166 e. The van der Waals surface area contributed by atoms with Crippen LogP contribution in [0.2, 0.25) is 0 Å². The molecule has 2 atom stereocenters. The maximum atomic E-state index is 13.3. The Morgan fingerprint density at radius 2 is 1.27 bits per heavy atom. The summed E-state index contributed by atoms with van der Waals surface area (Å²) in [4.78, 5) is 0. The summed E-state index contributed by atoms with van der Waals surface area (Å²) in [5, 5.41) is 0. The molecular formula is C24H20F6. The van der Waals surface area contributed by atoms with Gasteiger partial charge in [-0.3, -0.25) is 0 Å². The lowest BCUT2D eigenvalue weighted by molar-refractivity contribution is -0.138. The van der Waals surface area contributed by atoms with Crippen molar-refractivity contribution in [2.45, 2.75) is 32.6 Å². The summed E-state index contributed by atoms with van der Waals surface area (Å²) in [5.41, 5.74) is -1.16. The lowest BCUT2D eigenvalue weighted by Crippen LogP contribution is -2.27. The van der Waals surface area contributed by atoms with Crippen LogP contribution in [0.3, 0.4) is 0 Å². The first-order valence-electron chi connectivity index (χ1n) is 9.67. The number of hydrogen-bond acceptors (Lipinski definition) is 0. The molecule has 0 spiro atoms. The second-order valence-corrected chi connectivity index (χ2v) is 8.41. The standard InChI is InChI=1S/C24H20F6/c1-22(2)20(14-6-3-8-16(12-14)23(25,26)27)18-10-5-11-19(18)21(22)15-7-4-9-17(13-15)24(28,29)30/h3-10,12-13,18-19H,11H2,1-2H3. The number of fused-ring (bicyclic) bond motifs is 1. The number of alkyl halides is 6. The van der Waals surface area contributed by atoms with Crippen molar-refractivity contribution < 1.29 is 26.3 Å². The summed E-state index contributed by atoms with van der Waals surface area (Å²) in [6.45, 7) is 3.79. The average Bonchev–Trinajstić information content (AvgIpc) is 3.17. The predicted molar refractivity (Wildman–Crippen MR) is 102 cm³/mol. The Balaban J connectivity index is 1.80. The molecule has 30 heavy (non-hydrogen) atoms. The number of hydrogen-bond donors (Lipinski definition) is 0. The van der Waals surface area contributed by atoms with E-state index < -0.39 is 28.9 Å². The largest absolute Gasteiger partial charge is 0.416 e. The van der Waals surface area contributed by atoms with Crippen LogP contribution in [0.1, 0.15) is 42.5 Å². The van der Waals surface area contributed by atoms with Crippen LogP contribution in [0.5, 0.6) is 0 Å². The molecule has 6 heteroatoms. The first-order valence-corrected chi connectivity index (χ1v) is 9.67. The normalized spacial score (nSPS) is 24.4. The quantitative estimate of drug-likeness (QED) is 0.347. The van der Waals surface area contributed by atoms with Crippen LogP contribution >= 0.6 is 0 Å². The number of allylic oxidation sites excluding steroid dienone is 2. The molecule has 0 nitrogen and oxygen atoms in total. The molecule has 2 aromatic carbocycles. The Hall–Kier alpha value is -2.24. The van der Waals surface area contributed by atoms with Gasteiger partial charge in [-0.05, 0) is 46.9 Å². The van der Waals surface area contributed by atoms with E-state index in [1.54, 1.807) is 12.1 Å². The molecule has 0 bridgehead atoms. The summed E-state index contributed by atoms with van der Waals surface area (Å²) in [6.07, 6.45) is -4.32. The van der Waals surface area contributed by atoms with Gasteiger partial charge in [0.05, 0.1) is 11.1 Å². The van der Waals surface area contributed by atoms with Crippen LogP contribution in [0.25, 0.3) is 0 Å². The van der Waals surface area contributed by atoms with Crippen molar-refractivity contribution in [3.63, 3.8) is 0 Å². The molecule has 2 aliphatic carbocycles. The fourth-order valence-corrected chi connectivity index (χ4v) is 5.13. The molecule has 2 radical (unpaired) electrons. The molecule has 0 heterocycles. The SMILES string of the molecule is CC1(C)[C](c2cccc(C(F)(F)F)c2)C2C=CCC2[C]1c1cccc(C(F)(F)F)c1. The molecule has 0 amide bonds. The van der Waals surface area contributed by atoms with E-state index in [2.05, 4.69) is 0 Å². The van der Waals surface area contributed by atoms with E-state index in [4.69, 9.17) is 0 Å². The van der Waals surface area contributed by atoms with E-state index >= 15 is 0 Å². The van der Waals surface area contributed by atoms with Crippen molar-refractivity contribution in [2.24, 2.45) is 17.3 Å². The van der Waals surface area contributed by atoms with Gasteiger partial charge < -0.3 is 0 Å². The summed E-state index contributed by atoms with van der Waals surface area (Å²) >= 11 is 0. The van der Waals surface area contributed by atoms with Crippen LogP contribution in [0.4, 0.5) is 26.3 Å². The zero-order valence-corrected chi connectivity index (χ0v) is 16.4. The zero-order chi connectivity index (χ0) is 21.9. The van der Waals surface area contributed by atoms with Crippen molar-refractivity contribution >= 4 is 0 Å². The van der Waals surface area contributed by atoms with Gasteiger partial charge in [0.1, 0.15) is 0 Å². The van der Waals surface area contributed by atoms with Crippen LogP contribution < -0.4 is 0 Å². The Morgan fingerprint density at radius 3 is 1.77 bits per heavy atom. The molecule has 1 fully saturated rings. The molecule has 1 saturated carbocycles. The van der Waals surface area contributed by atoms with Gasteiger partial charge >= 0.3 is 12.4 Å². The van der Waals surface area contributed by atoms with Crippen LogP contribution in [-0.4, -0.2) is 0 Å². The van der Waals surface area contributed by atoms with E-state index in [-0.39, 0.29) is 11.8 Å². The van der Waals surface area contributed by atoms with Crippen molar-refractivity contribution in [3.8, 4) is 0 Å². The number of benzene rings is 2. The molecule has 2 unspecified atom stereocenters. The van der Waals surface area contributed by atoms with Gasteiger partial charge in [-0.15, -0.1) is 0 Å². The topological polar surface area (TPSA) is 0 Å². The summed E-state index contributed by atoms with van der Waals surface area (Å²) in [6, 6.07) is 10.5. The van der Waals surface area contributed by atoms with E-state index in [0.29, 0.717) is 17.5 Å². The van der Waals surface area contributed by atoms with E-state index in [9.17, 15) is 26.3 Å². The van der Waals surface area contributed by atoms with Gasteiger partial charge in [0.25, 0.3) is 0 Å². The monoisotopic (exact) mass is 422 g/mol. The maximum Gasteiger partial charge on any atom is 0.416 e. The maximum absolute atomic E-state index is 13.3. The third kappa shape index (κ3) is 3.44. The lowest BCUT2D eigenvalue weighted by atomic mass is 9.68. The predicted octanol–water partition coefficient (Wildman–Crippen LogP) is 7.50. The minimum Gasteiger partial charge on any atom is -0.166 e. The Morgan fingerprint density at radius 1 is 0.767 bits per heavy atom. The van der Waals surface area contributed by atoms with Crippen LogP contribution in [-0.2, 0) is 12.4 Å². The first-order chi connectivity index (χ1) is 13.9. The van der Waals surface area contributed by atoms with Crippen molar-refractivity contribution in [3.05, 3.63) is 94.8 Å². The van der Waals surface area contributed by atoms with Gasteiger partial charge in [0.2, 0.25) is 0 Å². The number of halogens is 6. The molecule has 0 aliphatic heterocycles. The highest BCUT2D eigenvalue weighted by Gasteiger charge is 2.57. The van der Waals surface area contributed by atoms with Gasteiger partial charge in [-0.2, -0.15) is 26.3 Å². The first kappa shape index (κ1) is 21.0. The van der Waals surface area contributed by atoms with E-state index in [1.165, 1.54) is 12.1 Å². The van der Waals surface area contributed by atoms with Crippen molar-refractivity contribution in [1.82, 2.24) is 0 Å². The highest BCUT2D eigenvalue weighted by atomic mass is 19.4. The third-order valence-corrected chi connectivity index (χ3v) is 6.22. The fraction of sp³-hybridized carbons (Fsp3) is 0.333. The summed E-state index contributed by atoms with van der Waals surface area (Å²) in [7, 11) is 0. The third-order valence-electron chi connectivity index (χ3n) is 6.22. The Labute approximate surface area is 171 Å². The lowest BCUT2D eigenvalue weighted by Gasteiger charge is -2.35. The molecular weight excluding hydrogens is 402 g/mol. The zero-order valence-electron chi connectivity index (χ0n) is 16.4. The van der Waals surface area contributed by atoms with Crippen LogP contribution in [0.15, 0.2) is 60.7 Å². The van der Waals surface area contributed by atoms with E-state index in [0.717, 1.165) is 36.1 Å². The molecule has 0 saturated heterocycles. The van der Waals surface area contributed by atoms with E-state index in [1.807, 2.05) is 26.0 Å².